The summed E-state index contributed by atoms with van der Waals surface area (Å²) in [4.78, 5) is 12.3. The summed E-state index contributed by atoms with van der Waals surface area (Å²) in [6.07, 6.45) is -1.40. The van der Waals surface area contributed by atoms with Crippen molar-refractivity contribution in [3.05, 3.63) is 0 Å². The second-order valence-electron chi connectivity index (χ2n) is 8.34. The van der Waals surface area contributed by atoms with E-state index in [1.54, 1.807) is 0 Å². The largest absolute Gasteiger partial charge is 0.462 e. The van der Waals surface area contributed by atoms with Gasteiger partial charge in [0.2, 0.25) is 0 Å². The van der Waals surface area contributed by atoms with E-state index in [2.05, 4.69) is 0 Å². The zero-order chi connectivity index (χ0) is 18.3. The third kappa shape index (κ3) is 3.58. The Morgan fingerprint density at radius 3 is 2.29 bits per heavy atom. The number of aliphatic hydroxyl groups is 1. The Morgan fingerprint density at radius 1 is 1.12 bits per heavy atom. The fourth-order valence-electron chi connectivity index (χ4n) is 4.03. The van der Waals surface area contributed by atoms with Crippen molar-refractivity contribution in [3.63, 3.8) is 0 Å². The minimum absolute atomic E-state index is 0.0973. The van der Waals surface area contributed by atoms with Gasteiger partial charge in [0.05, 0.1) is 5.41 Å². The number of hydrogen-bond acceptors (Lipinski definition) is 3. The van der Waals surface area contributed by atoms with Crippen molar-refractivity contribution in [2.75, 3.05) is 0 Å². The molecule has 6 heteroatoms. The van der Waals surface area contributed by atoms with Crippen LogP contribution in [0.5, 0.6) is 0 Å². The number of ether oxygens (including phenoxy) is 1. The lowest BCUT2D eigenvalue weighted by Crippen LogP contribution is -2.51. The highest BCUT2D eigenvalue weighted by Gasteiger charge is 2.57. The fourth-order valence-corrected chi connectivity index (χ4v) is 4.03. The van der Waals surface area contributed by atoms with Crippen molar-refractivity contribution in [2.45, 2.75) is 84.1 Å². The highest BCUT2D eigenvalue weighted by atomic mass is 19.4. The first kappa shape index (κ1) is 19.5. The smallest absolute Gasteiger partial charge is 0.417 e. The second kappa shape index (κ2) is 6.50. The molecule has 0 spiro atoms. The Labute approximate surface area is 141 Å². The molecule has 2 saturated carbocycles. The highest BCUT2D eigenvalue weighted by Crippen LogP contribution is 2.51. The Morgan fingerprint density at radius 2 is 1.75 bits per heavy atom. The van der Waals surface area contributed by atoms with E-state index < -0.39 is 23.1 Å². The molecular weight excluding hydrogens is 321 g/mol. The normalized spacial score (nSPS) is 33.7. The van der Waals surface area contributed by atoms with Crippen LogP contribution in [0, 0.1) is 23.2 Å². The Kier molecular flexibility index (Phi) is 5.30. The lowest BCUT2D eigenvalue weighted by Gasteiger charge is -2.41. The maximum atomic E-state index is 13.1. The molecule has 5 unspecified atom stereocenters. The standard InChI is InChI=1S/C18H29F3O3/c1-5-16(2,3)15(22)24-14-9-6-11-10-12(7-8-13(11)14)17(4,23)18(19,20)21/h11-14,23H,5-10H2,1-4H3. The lowest BCUT2D eigenvalue weighted by molar-refractivity contribution is -0.277. The molecule has 0 aromatic carbocycles. The van der Waals surface area contributed by atoms with E-state index in [1.165, 1.54) is 0 Å². The van der Waals surface area contributed by atoms with E-state index in [1.807, 2.05) is 20.8 Å². The van der Waals surface area contributed by atoms with Gasteiger partial charge in [0.25, 0.3) is 0 Å². The molecule has 0 aliphatic heterocycles. The third-order valence-electron chi connectivity index (χ3n) is 6.40. The molecule has 3 nitrogen and oxygen atoms in total. The van der Waals surface area contributed by atoms with E-state index in [4.69, 9.17) is 4.74 Å². The SMILES string of the molecule is CCC(C)(C)C(=O)OC1CCC2CC(C(C)(O)C(F)(F)F)CCC21. The van der Waals surface area contributed by atoms with Crippen LogP contribution in [0.2, 0.25) is 0 Å². The molecule has 0 heterocycles. The van der Waals surface area contributed by atoms with Gasteiger partial charge in [-0.25, -0.2) is 0 Å². The van der Waals surface area contributed by atoms with Gasteiger partial charge in [0.15, 0.2) is 5.60 Å². The van der Waals surface area contributed by atoms with E-state index in [0.717, 1.165) is 13.3 Å². The first-order valence-corrected chi connectivity index (χ1v) is 8.90. The minimum atomic E-state index is -4.61. The number of hydrogen-bond donors (Lipinski definition) is 1. The molecule has 2 fully saturated rings. The number of rotatable bonds is 4. The minimum Gasteiger partial charge on any atom is -0.462 e. The summed E-state index contributed by atoms with van der Waals surface area (Å²) in [5.74, 6) is -0.776. The number of carbonyl (C=O) groups is 1. The van der Waals surface area contributed by atoms with Crippen molar-refractivity contribution in [2.24, 2.45) is 23.2 Å². The van der Waals surface area contributed by atoms with Crippen LogP contribution in [0.15, 0.2) is 0 Å². The number of esters is 1. The van der Waals surface area contributed by atoms with Gasteiger partial charge >= 0.3 is 12.1 Å². The first-order chi connectivity index (χ1) is 10.9. The zero-order valence-electron chi connectivity index (χ0n) is 14.9. The molecule has 1 N–H and O–H groups in total. The van der Waals surface area contributed by atoms with E-state index >= 15 is 0 Å². The van der Waals surface area contributed by atoms with Gasteiger partial charge < -0.3 is 9.84 Å². The highest BCUT2D eigenvalue weighted by molar-refractivity contribution is 5.76. The molecule has 0 saturated heterocycles. The average Bonchev–Trinajstić information content (AvgIpc) is 2.88. The molecule has 2 rings (SSSR count). The third-order valence-corrected chi connectivity index (χ3v) is 6.40. The Balaban J connectivity index is 2.00. The summed E-state index contributed by atoms with van der Waals surface area (Å²) in [5.41, 5.74) is -3.17. The van der Waals surface area contributed by atoms with Crippen LogP contribution in [-0.4, -0.2) is 29.0 Å². The van der Waals surface area contributed by atoms with Crippen LogP contribution in [0.3, 0.4) is 0 Å². The summed E-state index contributed by atoms with van der Waals surface area (Å²) in [6.45, 7) is 6.51. The Hall–Kier alpha value is -0.780. The van der Waals surface area contributed by atoms with Gasteiger partial charge in [-0.3, -0.25) is 4.79 Å². The monoisotopic (exact) mass is 350 g/mol. The van der Waals surface area contributed by atoms with Gasteiger partial charge in [0, 0.05) is 0 Å². The lowest BCUT2D eigenvalue weighted by atomic mass is 9.69. The van der Waals surface area contributed by atoms with E-state index in [-0.39, 0.29) is 23.9 Å². The predicted molar refractivity (Wildman–Crippen MR) is 84.2 cm³/mol. The predicted octanol–water partition coefficient (Wildman–Crippen LogP) is 4.47. The topological polar surface area (TPSA) is 46.5 Å². The summed E-state index contributed by atoms with van der Waals surface area (Å²) >= 11 is 0. The van der Waals surface area contributed by atoms with E-state index in [0.29, 0.717) is 32.1 Å². The Bertz CT molecular complexity index is 471. The summed E-state index contributed by atoms with van der Waals surface area (Å²) in [5, 5.41) is 9.94. The van der Waals surface area contributed by atoms with Crippen LogP contribution in [0.4, 0.5) is 13.2 Å². The molecule has 0 amide bonds. The van der Waals surface area contributed by atoms with Crippen molar-refractivity contribution >= 4 is 5.97 Å². The maximum absolute atomic E-state index is 13.1. The second-order valence-corrected chi connectivity index (χ2v) is 8.34. The van der Waals surface area contributed by atoms with Crippen molar-refractivity contribution in [1.82, 2.24) is 0 Å². The fraction of sp³-hybridized carbons (Fsp3) is 0.944. The van der Waals surface area contributed by atoms with Crippen molar-refractivity contribution in [3.8, 4) is 0 Å². The summed E-state index contributed by atoms with van der Waals surface area (Å²) in [6, 6.07) is 0. The number of alkyl halides is 3. The van der Waals surface area contributed by atoms with Crippen LogP contribution < -0.4 is 0 Å². The van der Waals surface area contributed by atoms with Crippen LogP contribution in [0.1, 0.15) is 66.2 Å². The van der Waals surface area contributed by atoms with Gasteiger partial charge in [-0.1, -0.05) is 6.92 Å². The van der Waals surface area contributed by atoms with Crippen LogP contribution >= 0.6 is 0 Å². The maximum Gasteiger partial charge on any atom is 0.417 e. The molecule has 24 heavy (non-hydrogen) atoms. The molecule has 0 aromatic rings. The summed E-state index contributed by atoms with van der Waals surface area (Å²) in [7, 11) is 0. The van der Waals surface area contributed by atoms with Gasteiger partial charge in [-0.05, 0) is 77.0 Å². The van der Waals surface area contributed by atoms with Gasteiger partial charge in [-0.2, -0.15) is 13.2 Å². The number of carbonyl (C=O) groups excluding carboxylic acids is 1. The quantitative estimate of drug-likeness (QED) is 0.761. The van der Waals surface area contributed by atoms with Crippen LogP contribution in [-0.2, 0) is 9.53 Å². The molecule has 2 aliphatic carbocycles. The molecular formula is C18H29F3O3. The summed E-state index contributed by atoms with van der Waals surface area (Å²) < 4.78 is 44.9. The average molecular weight is 350 g/mol. The molecule has 0 bridgehead atoms. The zero-order valence-corrected chi connectivity index (χ0v) is 14.9. The molecule has 5 atom stereocenters. The first-order valence-electron chi connectivity index (χ1n) is 8.90. The van der Waals surface area contributed by atoms with Crippen LogP contribution in [0.25, 0.3) is 0 Å². The van der Waals surface area contributed by atoms with Crippen molar-refractivity contribution < 1.29 is 27.8 Å². The molecule has 0 aromatic heterocycles. The van der Waals surface area contributed by atoms with Crippen molar-refractivity contribution in [1.29, 1.82) is 0 Å². The van der Waals surface area contributed by atoms with E-state index in [9.17, 15) is 23.1 Å². The van der Waals surface area contributed by atoms with Gasteiger partial charge in [-0.15, -0.1) is 0 Å². The molecule has 0 radical (unpaired) electrons. The number of fused-ring (bicyclic) bond motifs is 1. The van der Waals surface area contributed by atoms with Gasteiger partial charge in [0.1, 0.15) is 6.10 Å². The molecule has 2 aliphatic rings. The number of halogens is 3. The molecule has 140 valence electrons.